The van der Waals surface area contributed by atoms with Crippen molar-refractivity contribution < 1.29 is 4.57 Å². The summed E-state index contributed by atoms with van der Waals surface area (Å²) in [5, 5.41) is 11.7. The number of nitrogens with zero attached hydrogens (tertiary/aromatic N) is 3. The molecule has 1 aromatic rings. The molecule has 7 heteroatoms. The van der Waals surface area contributed by atoms with Gasteiger partial charge in [-0.1, -0.05) is 50.9 Å². The third-order valence-electron chi connectivity index (χ3n) is 3.70. The van der Waals surface area contributed by atoms with Crippen LogP contribution in [0.1, 0.15) is 30.9 Å². The van der Waals surface area contributed by atoms with Crippen LogP contribution in [0.15, 0.2) is 10.1 Å². The van der Waals surface area contributed by atoms with E-state index in [-0.39, 0.29) is 0 Å². The molecule has 4 nitrogen and oxygen atoms in total. The second kappa shape index (κ2) is 5.15. The van der Waals surface area contributed by atoms with Crippen LogP contribution >= 0.6 is 39.5 Å². The van der Waals surface area contributed by atoms with Crippen molar-refractivity contribution in [2.75, 3.05) is 12.0 Å². The number of fused-ring (bicyclic) bond motifs is 3. The molecule has 1 aromatic heterocycles. The average molecular weight is 358 g/mol. The summed E-state index contributed by atoms with van der Waals surface area (Å²) in [6.07, 6.45) is 5.49. The Bertz CT molecular complexity index is 572. The Labute approximate surface area is 129 Å². The van der Waals surface area contributed by atoms with Gasteiger partial charge in [0.15, 0.2) is 10.1 Å². The fourth-order valence-corrected chi connectivity index (χ4v) is 6.20. The summed E-state index contributed by atoms with van der Waals surface area (Å²) in [5.74, 6) is 0.532. The van der Waals surface area contributed by atoms with Gasteiger partial charge in [0.25, 0.3) is 0 Å². The maximum atomic E-state index is 9.42. The van der Waals surface area contributed by atoms with E-state index in [1.165, 1.54) is 24.6 Å². The van der Waals surface area contributed by atoms with Gasteiger partial charge in [0.2, 0.25) is 0 Å². The molecule has 2 heterocycles. The zero-order valence-electron chi connectivity index (χ0n) is 10.5. The van der Waals surface area contributed by atoms with Gasteiger partial charge in [-0.2, -0.15) is 5.26 Å². The van der Waals surface area contributed by atoms with Crippen molar-refractivity contribution >= 4 is 45.4 Å². The van der Waals surface area contributed by atoms with E-state index < -0.39 is 0 Å². The minimum absolute atomic E-state index is 0.323. The third-order valence-corrected chi connectivity index (χ3v) is 6.82. The lowest BCUT2D eigenvalue weighted by Gasteiger charge is -2.27. The predicted molar refractivity (Wildman–Crippen MR) is 80.6 cm³/mol. The summed E-state index contributed by atoms with van der Waals surface area (Å²) >= 11 is 7.05. The van der Waals surface area contributed by atoms with Crippen LogP contribution in [0.2, 0.25) is 0 Å². The van der Waals surface area contributed by atoms with Crippen LogP contribution in [0, 0.1) is 11.3 Å². The van der Waals surface area contributed by atoms with Crippen molar-refractivity contribution in [3.05, 3.63) is 5.56 Å². The predicted octanol–water partition coefficient (Wildman–Crippen LogP) is 2.51. The van der Waals surface area contributed by atoms with Gasteiger partial charge < -0.3 is 0 Å². The number of halogens is 1. The maximum absolute atomic E-state index is 9.42. The van der Waals surface area contributed by atoms with Gasteiger partial charge in [0.1, 0.15) is 17.7 Å². The second-order valence-corrected chi connectivity index (χ2v) is 7.93. The molecule has 1 saturated carbocycles. The first-order valence-corrected chi connectivity index (χ1v) is 9.19. The first kappa shape index (κ1) is 13.5. The van der Waals surface area contributed by atoms with Gasteiger partial charge in [0.05, 0.1) is 0 Å². The molecule has 3 atom stereocenters. The van der Waals surface area contributed by atoms with E-state index in [0.29, 0.717) is 27.6 Å². The molecule has 0 bridgehead atoms. The summed E-state index contributed by atoms with van der Waals surface area (Å²) in [4.78, 5) is 4.82. The molecule has 0 radical (unpaired) electrons. The number of nitrogens with two attached hydrogens (primary N) is 1. The van der Waals surface area contributed by atoms with Crippen LogP contribution in [-0.4, -0.2) is 21.3 Å². The number of thioether (sulfide) groups is 2. The molecule has 0 amide bonds. The molecular formula is C12H14BrN4S2+. The number of hydrogen-bond acceptors (Lipinski definition) is 5. The summed E-state index contributed by atoms with van der Waals surface area (Å²) in [6.45, 7) is 0. The molecule has 2 aliphatic rings. The first-order valence-electron chi connectivity index (χ1n) is 6.17. The van der Waals surface area contributed by atoms with Crippen molar-refractivity contribution in [3.8, 4) is 6.07 Å². The number of alkyl halides is 1. The molecule has 100 valence electrons. The van der Waals surface area contributed by atoms with Crippen LogP contribution in [-0.2, 0) is 0 Å². The smallest absolute Gasteiger partial charge is 0.287 e. The van der Waals surface area contributed by atoms with Crippen molar-refractivity contribution in [2.24, 2.45) is 0 Å². The molecule has 1 fully saturated rings. The molecule has 0 aromatic carbocycles. The highest BCUT2D eigenvalue weighted by molar-refractivity contribution is 9.09. The van der Waals surface area contributed by atoms with Crippen LogP contribution in [0.25, 0.3) is 0 Å². The Kier molecular flexibility index (Phi) is 3.67. The van der Waals surface area contributed by atoms with Crippen LogP contribution < -0.4 is 10.3 Å². The highest BCUT2D eigenvalue weighted by Crippen LogP contribution is 2.47. The fourth-order valence-electron chi connectivity index (χ4n) is 2.87. The monoisotopic (exact) mass is 357 g/mol. The minimum atomic E-state index is 0.323. The fraction of sp³-hybridized carbons (Fsp3) is 0.583. The minimum Gasteiger partial charge on any atom is -0.287 e. The van der Waals surface area contributed by atoms with E-state index in [1.807, 2.05) is 6.26 Å². The largest absolute Gasteiger partial charge is 0.391 e. The molecule has 0 saturated heterocycles. The Morgan fingerprint density at radius 2 is 2.37 bits per heavy atom. The summed E-state index contributed by atoms with van der Waals surface area (Å²) in [7, 11) is 0. The molecular weight excluding hydrogens is 344 g/mol. The molecule has 0 unspecified atom stereocenters. The number of aromatic nitrogens is 2. The van der Waals surface area contributed by atoms with E-state index in [0.717, 1.165) is 16.5 Å². The molecule has 2 N–H and O–H groups in total. The summed E-state index contributed by atoms with van der Waals surface area (Å²) in [6, 6.07) is 2.63. The zero-order chi connectivity index (χ0) is 13.6. The molecule has 1 aliphatic carbocycles. The summed E-state index contributed by atoms with van der Waals surface area (Å²) < 4.78 is 2.08. The number of rotatable bonds is 1. The molecule has 1 aliphatic heterocycles. The van der Waals surface area contributed by atoms with Crippen LogP contribution in [0.5, 0.6) is 0 Å². The topological polar surface area (TPSA) is 66.6 Å². The third kappa shape index (κ3) is 2.05. The van der Waals surface area contributed by atoms with E-state index in [2.05, 4.69) is 31.6 Å². The van der Waals surface area contributed by atoms with Gasteiger partial charge in [0, 0.05) is 10.1 Å². The number of nitriles is 1. The number of hydrogen-bond donors (Lipinski definition) is 1. The van der Waals surface area contributed by atoms with Gasteiger partial charge in [-0.3, -0.25) is 5.73 Å². The Morgan fingerprint density at radius 1 is 1.58 bits per heavy atom. The normalized spacial score (nSPS) is 28.6. The highest BCUT2D eigenvalue weighted by atomic mass is 79.9. The Morgan fingerprint density at radius 3 is 3.05 bits per heavy atom. The highest BCUT2D eigenvalue weighted by Gasteiger charge is 2.46. The van der Waals surface area contributed by atoms with E-state index >= 15 is 0 Å². The van der Waals surface area contributed by atoms with Crippen molar-refractivity contribution in [2.45, 2.75) is 45.4 Å². The van der Waals surface area contributed by atoms with Crippen LogP contribution in [0.4, 0.5) is 5.95 Å². The van der Waals surface area contributed by atoms with Crippen molar-refractivity contribution in [1.29, 1.82) is 5.26 Å². The van der Waals surface area contributed by atoms with E-state index in [1.54, 1.807) is 11.8 Å². The Hall–Kier alpha value is -0.450. The van der Waals surface area contributed by atoms with Gasteiger partial charge >= 0.3 is 5.95 Å². The van der Waals surface area contributed by atoms with Crippen LogP contribution in [0.3, 0.4) is 0 Å². The Balaban J connectivity index is 2.19. The van der Waals surface area contributed by atoms with Gasteiger partial charge in [-0.15, -0.1) is 0 Å². The van der Waals surface area contributed by atoms with Crippen molar-refractivity contribution in [1.82, 2.24) is 4.98 Å². The second-order valence-electron chi connectivity index (χ2n) is 4.74. The standard InChI is InChI=1S/C12H13BrN4S2/c1-18-10-6(5-14)11-17(12(15)16-10)9-7(13)3-2-4-8(9)19-11/h7-9,15H,2-4H2,1H3/p+1/t7-,8+,9-/m0/s1. The van der Waals surface area contributed by atoms with Gasteiger partial charge in [-0.25, -0.2) is 4.57 Å². The van der Waals surface area contributed by atoms with E-state index in [9.17, 15) is 5.26 Å². The first-order chi connectivity index (χ1) is 9.17. The number of nitrogen functional groups attached to an aromatic ring is 1. The quantitative estimate of drug-likeness (QED) is 0.362. The molecule has 3 rings (SSSR count). The summed E-state index contributed by atoms with van der Waals surface area (Å²) in [5.41, 5.74) is 6.82. The van der Waals surface area contributed by atoms with Gasteiger partial charge in [-0.05, 0) is 19.1 Å². The number of anilines is 1. The lowest BCUT2D eigenvalue weighted by molar-refractivity contribution is -0.740. The maximum Gasteiger partial charge on any atom is 0.391 e. The zero-order valence-corrected chi connectivity index (χ0v) is 13.7. The SMILES string of the molecule is CSc1nc(N)[n+]2c(c1C#N)S[C@@H]1CCC[C@H](Br)[C@@H]12. The average Bonchev–Trinajstić information content (AvgIpc) is 2.79. The molecule has 19 heavy (non-hydrogen) atoms. The van der Waals surface area contributed by atoms with Crippen molar-refractivity contribution in [3.63, 3.8) is 0 Å². The lowest BCUT2D eigenvalue weighted by atomic mass is 9.94. The lowest BCUT2D eigenvalue weighted by Crippen LogP contribution is -2.50. The van der Waals surface area contributed by atoms with E-state index in [4.69, 9.17) is 5.73 Å². The molecule has 0 spiro atoms.